The van der Waals surface area contributed by atoms with E-state index in [1.165, 1.54) is 11.9 Å². The third-order valence-corrected chi connectivity index (χ3v) is 2.56. The first-order valence-corrected chi connectivity index (χ1v) is 5.65. The zero-order chi connectivity index (χ0) is 13.0. The fraction of sp³-hybridized carbons (Fsp3) is 0.231. The standard InChI is InChI=1S/C13H16N4O/c1-9-4-6-10(7-5-9)17-13-11(18-3)12(14-2)15-8-16-13/h4-8H,1-3H3,(H2,14,15,16,17). The first-order chi connectivity index (χ1) is 8.74. The summed E-state index contributed by atoms with van der Waals surface area (Å²) in [5.41, 5.74) is 2.17. The normalized spacial score (nSPS) is 9.94. The van der Waals surface area contributed by atoms with Crippen LogP contribution in [0.4, 0.5) is 17.3 Å². The van der Waals surface area contributed by atoms with Crippen molar-refractivity contribution in [3.05, 3.63) is 36.2 Å². The predicted octanol–water partition coefficient (Wildman–Crippen LogP) is 2.58. The topological polar surface area (TPSA) is 59.1 Å². The Morgan fingerprint density at radius 2 is 1.72 bits per heavy atom. The Kier molecular flexibility index (Phi) is 3.62. The molecule has 0 aliphatic carbocycles. The predicted molar refractivity (Wildman–Crippen MR) is 72.6 cm³/mol. The molecule has 0 atom stereocenters. The Bertz CT molecular complexity index is 525. The number of hydrogen-bond acceptors (Lipinski definition) is 5. The van der Waals surface area contributed by atoms with Crippen molar-refractivity contribution in [3.63, 3.8) is 0 Å². The van der Waals surface area contributed by atoms with E-state index in [-0.39, 0.29) is 0 Å². The number of nitrogens with one attached hydrogen (secondary N) is 2. The van der Waals surface area contributed by atoms with Gasteiger partial charge in [0.1, 0.15) is 6.33 Å². The van der Waals surface area contributed by atoms with E-state index in [4.69, 9.17) is 4.74 Å². The zero-order valence-electron chi connectivity index (χ0n) is 10.7. The molecule has 2 rings (SSSR count). The van der Waals surface area contributed by atoms with Crippen molar-refractivity contribution in [2.45, 2.75) is 6.92 Å². The van der Waals surface area contributed by atoms with E-state index in [1.54, 1.807) is 14.2 Å². The van der Waals surface area contributed by atoms with Gasteiger partial charge in [-0.3, -0.25) is 0 Å². The highest BCUT2D eigenvalue weighted by atomic mass is 16.5. The van der Waals surface area contributed by atoms with Crippen molar-refractivity contribution in [1.82, 2.24) is 9.97 Å². The van der Waals surface area contributed by atoms with Crippen molar-refractivity contribution in [2.24, 2.45) is 0 Å². The second-order valence-electron chi connectivity index (χ2n) is 3.85. The number of methoxy groups -OCH3 is 1. The minimum Gasteiger partial charge on any atom is -0.490 e. The van der Waals surface area contributed by atoms with Crippen LogP contribution in [0.2, 0.25) is 0 Å². The number of aryl methyl sites for hydroxylation is 1. The summed E-state index contributed by atoms with van der Waals surface area (Å²) < 4.78 is 5.31. The smallest absolute Gasteiger partial charge is 0.204 e. The number of benzene rings is 1. The zero-order valence-corrected chi connectivity index (χ0v) is 10.7. The molecule has 2 aromatic rings. The molecular weight excluding hydrogens is 228 g/mol. The molecule has 1 aromatic carbocycles. The monoisotopic (exact) mass is 244 g/mol. The lowest BCUT2D eigenvalue weighted by Gasteiger charge is -2.12. The van der Waals surface area contributed by atoms with E-state index < -0.39 is 0 Å². The summed E-state index contributed by atoms with van der Waals surface area (Å²) in [5, 5.41) is 6.17. The molecule has 94 valence electrons. The van der Waals surface area contributed by atoms with Gasteiger partial charge in [-0.05, 0) is 19.1 Å². The Hall–Kier alpha value is -2.30. The number of aromatic nitrogens is 2. The average Bonchev–Trinajstić information content (AvgIpc) is 2.41. The SMILES string of the molecule is CNc1ncnc(Nc2ccc(C)cc2)c1OC. The number of rotatable bonds is 4. The maximum Gasteiger partial charge on any atom is 0.204 e. The molecule has 1 aromatic heterocycles. The second-order valence-corrected chi connectivity index (χ2v) is 3.85. The molecule has 0 aliphatic rings. The molecule has 0 spiro atoms. The summed E-state index contributed by atoms with van der Waals surface area (Å²) in [6.07, 6.45) is 1.49. The van der Waals surface area contributed by atoms with Gasteiger partial charge < -0.3 is 15.4 Å². The quantitative estimate of drug-likeness (QED) is 0.865. The van der Waals surface area contributed by atoms with Gasteiger partial charge in [-0.15, -0.1) is 0 Å². The summed E-state index contributed by atoms with van der Waals surface area (Å²) in [4.78, 5) is 8.29. The average molecular weight is 244 g/mol. The Labute approximate surface area is 106 Å². The highest BCUT2D eigenvalue weighted by molar-refractivity contribution is 5.69. The molecule has 2 N–H and O–H groups in total. The minimum atomic E-state index is 0.598. The van der Waals surface area contributed by atoms with E-state index in [9.17, 15) is 0 Å². The lowest BCUT2D eigenvalue weighted by molar-refractivity contribution is 0.415. The van der Waals surface area contributed by atoms with Gasteiger partial charge in [0.2, 0.25) is 5.75 Å². The number of anilines is 3. The summed E-state index contributed by atoms with van der Waals surface area (Å²) in [6, 6.07) is 8.07. The van der Waals surface area contributed by atoms with Gasteiger partial charge in [-0.1, -0.05) is 17.7 Å². The Morgan fingerprint density at radius 3 is 2.33 bits per heavy atom. The van der Waals surface area contributed by atoms with Gasteiger partial charge in [0, 0.05) is 12.7 Å². The second kappa shape index (κ2) is 5.35. The van der Waals surface area contributed by atoms with Crippen LogP contribution in [0.15, 0.2) is 30.6 Å². The fourth-order valence-electron chi connectivity index (χ4n) is 1.61. The fourth-order valence-corrected chi connectivity index (χ4v) is 1.61. The van der Waals surface area contributed by atoms with E-state index in [1.807, 2.05) is 31.2 Å². The summed E-state index contributed by atoms with van der Waals surface area (Å²) in [6.45, 7) is 2.05. The summed E-state index contributed by atoms with van der Waals surface area (Å²) in [5.74, 6) is 1.89. The van der Waals surface area contributed by atoms with Gasteiger partial charge in [-0.25, -0.2) is 9.97 Å². The Morgan fingerprint density at radius 1 is 1.06 bits per heavy atom. The summed E-state index contributed by atoms with van der Waals surface area (Å²) in [7, 11) is 3.39. The van der Waals surface area contributed by atoms with Crippen LogP contribution >= 0.6 is 0 Å². The van der Waals surface area contributed by atoms with Crippen molar-refractivity contribution >= 4 is 17.3 Å². The largest absolute Gasteiger partial charge is 0.490 e. The molecule has 0 radical (unpaired) electrons. The van der Waals surface area contributed by atoms with Crippen LogP contribution < -0.4 is 15.4 Å². The first kappa shape index (κ1) is 12.2. The van der Waals surface area contributed by atoms with Gasteiger partial charge in [0.15, 0.2) is 11.6 Å². The van der Waals surface area contributed by atoms with Gasteiger partial charge in [-0.2, -0.15) is 0 Å². The third-order valence-electron chi connectivity index (χ3n) is 2.56. The molecule has 0 saturated heterocycles. The van der Waals surface area contributed by atoms with E-state index in [2.05, 4.69) is 20.6 Å². The van der Waals surface area contributed by atoms with E-state index >= 15 is 0 Å². The molecule has 18 heavy (non-hydrogen) atoms. The molecule has 0 fully saturated rings. The van der Waals surface area contributed by atoms with Crippen LogP contribution in [-0.2, 0) is 0 Å². The van der Waals surface area contributed by atoms with Crippen LogP contribution in [0.5, 0.6) is 5.75 Å². The van der Waals surface area contributed by atoms with Gasteiger partial charge in [0.25, 0.3) is 0 Å². The molecule has 1 heterocycles. The molecule has 5 heteroatoms. The molecular formula is C13H16N4O. The minimum absolute atomic E-state index is 0.598. The summed E-state index contributed by atoms with van der Waals surface area (Å²) >= 11 is 0. The number of ether oxygens (including phenoxy) is 1. The highest BCUT2D eigenvalue weighted by Gasteiger charge is 2.10. The maximum atomic E-state index is 5.31. The van der Waals surface area contributed by atoms with Crippen molar-refractivity contribution in [1.29, 1.82) is 0 Å². The van der Waals surface area contributed by atoms with Gasteiger partial charge >= 0.3 is 0 Å². The van der Waals surface area contributed by atoms with Crippen LogP contribution in [0.25, 0.3) is 0 Å². The third kappa shape index (κ3) is 2.51. The van der Waals surface area contributed by atoms with Crippen LogP contribution in [0, 0.1) is 6.92 Å². The maximum absolute atomic E-state index is 5.31. The molecule has 0 aliphatic heterocycles. The van der Waals surface area contributed by atoms with Gasteiger partial charge in [0.05, 0.1) is 7.11 Å². The van der Waals surface area contributed by atoms with E-state index in [0.29, 0.717) is 17.4 Å². The lowest BCUT2D eigenvalue weighted by Crippen LogP contribution is -2.03. The molecule has 5 nitrogen and oxygen atoms in total. The lowest BCUT2D eigenvalue weighted by atomic mass is 10.2. The molecule has 0 bridgehead atoms. The molecule has 0 amide bonds. The number of hydrogen-bond donors (Lipinski definition) is 2. The molecule has 0 unspecified atom stereocenters. The van der Waals surface area contributed by atoms with Crippen molar-refractivity contribution < 1.29 is 4.74 Å². The van der Waals surface area contributed by atoms with Crippen molar-refractivity contribution in [2.75, 3.05) is 24.8 Å². The van der Waals surface area contributed by atoms with Crippen LogP contribution in [0.3, 0.4) is 0 Å². The number of nitrogens with zero attached hydrogens (tertiary/aromatic N) is 2. The Balaban J connectivity index is 2.31. The van der Waals surface area contributed by atoms with Crippen LogP contribution in [0.1, 0.15) is 5.56 Å². The van der Waals surface area contributed by atoms with Crippen LogP contribution in [-0.4, -0.2) is 24.1 Å². The first-order valence-electron chi connectivity index (χ1n) is 5.65. The van der Waals surface area contributed by atoms with E-state index in [0.717, 1.165) is 5.69 Å². The van der Waals surface area contributed by atoms with Crippen molar-refractivity contribution in [3.8, 4) is 5.75 Å². The highest BCUT2D eigenvalue weighted by Crippen LogP contribution is 2.30. The molecule has 0 saturated carbocycles.